The molecule has 0 amide bonds. The van der Waals surface area contributed by atoms with Crippen molar-refractivity contribution in [2.24, 2.45) is 5.73 Å². The van der Waals surface area contributed by atoms with E-state index in [0.717, 1.165) is 11.4 Å². The topological polar surface area (TPSA) is 38.9 Å². The van der Waals surface area contributed by atoms with Crippen LogP contribution in [0.5, 0.6) is 0 Å². The first-order valence-electron chi connectivity index (χ1n) is 6.55. The number of nitrogens with two attached hydrogens (primary N) is 1. The highest BCUT2D eigenvalue weighted by Gasteiger charge is 2.20. The molecular formula is C15H18N2S. The molecule has 0 bridgehead atoms. The molecule has 1 aliphatic carbocycles. The van der Waals surface area contributed by atoms with Crippen LogP contribution in [0, 0.1) is 6.92 Å². The van der Waals surface area contributed by atoms with Gasteiger partial charge in [0.05, 0.1) is 11.7 Å². The molecular weight excluding hydrogens is 240 g/mol. The van der Waals surface area contributed by atoms with E-state index in [4.69, 9.17) is 10.7 Å². The predicted octanol–water partition coefficient (Wildman–Crippen LogP) is 3.38. The fraction of sp³-hybridized carbons (Fsp3) is 0.400. The highest BCUT2D eigenvalue weighted by atomic mass is 32.1. The number of aryl methyl sites for hydroxylation is 3. The lowest BCUT2D eigenvalue weighted by atomic mass is 10.0. The van der Waals surface area contributed by atoms with Gasteiger partial charge in [-0.2, -0.15) is 0 Å². The van der Waals surface area contributed by atoms with Gasteiger partial charge in [-0.1, -0.05) is 24.3 Å². The first kappa shape index (κ1) is 11.9. The Balaban J connectivity index is 1.95. The predicted molar refractivity (Wildman–Crippen MR) is 76.0 cm³/mol. The molecule has 3 rings (SSSR count). The summed E-state index contributed by atoms with van der Waals surface area (Å²) in [5, 5.41) is 1.08. The second-order valence-electron chi connectivity index (χ2n) is 4.96. The molecule has 2 aromatic rings. The smallest absolute Gasteiger partial charge is 0.114 e. The Morgan fingerprint density at radius 3 is 2.78 bits per heavy atom. The number of hydrogen-bond acceptors (Lipinski definition) is 3. The first-order chi connectivity index (χ1) is 8.75. The third-order valence-corrected chi connectivity index (χ3v) is 4.89. The van der Waals surface area contributed by atoms with E-state index >= 15 is 0 Å². The Morgan fingerprint density at radius 1 is 1.22 bits per heavy atom. The quantitative estimate of drug-likeness (QED) is 0.897. The molecule has 1 heterocycles. The van der Waals surface area contributed by atoms with Crippen molar-refractivity contribution in [2.45, 2.75) is 38.6 Å². The maximum absolute atomic E-state index is 6.38. The van der Waals surface area contributed by atoms with Crippen LogP contribution in [0.15, 0.2) is 24.3 Å². The average molecular weight is 258 g/mol. The van der Waals surface area contributed by atoms with Crippen LogP contribution in [0.1, 0.15) is 45.6 Å². The number of nitrogens with zero attached hydrogens (tertiary/aromatic N) is 1. The van der Waals surface area contributed by atoms with E-state index in [-0.39, 0.29) is 6.04 Å². The Morgan fingerprint density at radius 2 is 2.00 bits per heavy atom. The molecule has 94 valence electrons. The van der Waals surface area contributed by atoms with Crippen LogP contribution in [0.4, 0.5) is 0 Å². The van der Waals surface area contributed by atoms with Crippen LogP contribution in [0.25, 0.3) is 0 Å². The average Bonchev–Trinajstić information content (AvgIpc) is 2.82. The molecule has 18 heavy (non-hydrogen) atoms. The highest BCUT2D eigenvalue weighted by molar-refractivity contribution is 7.11. The Bertz CT molecular complexity index is 536. The van der Waals surface area contributed by atoms with Crippen molar-refractivity contribution in [3.05, 3.63) is 51.0 Å². The summed E-state index contributed by atoms with van der Waals surface area (Å²) in [5.41, 5.74) is 10.1. The molecule has 0 fully saturated rings. The van der Waals surface area contributed by atoms with Crippen LogP contribution in [0.3, 0.4) is 0 Å². The monoisotopic (exact) mass is 258 g/mol. The van der Waals surface area contributed by atoms with Gasteiger partial charge in [0.2, 0.25) is 0 Å². The number of fused-ring (bicyclic) bond motifs is 1. The van der Waals surface area contributed by atoms with Crippen molar-refractivity contribution >= 4 is 11.3 Å². The van der Waals surface area contributed by atoms with Crippen LogP contribution in [-0.4, -0.2) is 4.98 Å². The summed E-state index contributed by atoms with van der Waals surface area (Å²) in [4.78, 5) is 6.22. The molecule has 0 spiro atoms. The van der Waals surface area contributed by atoms with Crippen molar-refractivity contribution in [3.63, 3.8) is 0 Å². The van der Waals surface area contributed by atoms with Crippen molar-refractivity contribution in [1.29, 1.82) is 0 Å². The van der Waals surface area contributed by atoms with Gasteiger partial charge >= 0.3 is 0 Å². The Kier molecular flexibility index (Phi) is 3.18. The summed E-state index contributed by atoms with van der Waals surface area (Å²) in [5.74, 6) is 0. The van der Waals surface area contributed by atoms with E-state index in [9.17, 15) is 0 Å². The maximum Gasteiger partial charge on any atom is 0.114 e. The first-order valence-corrected chi connectivity index (χ1v) is 7.37. The van der Waals surface area contributed by atoms with Crippen molar-refractivity contribution in [1.82, 2.24) is 4.98 Å². The van der Waals surface area contributed by atoms with E-state index in [1.807, 2.05) is 11.3 Å². The van der Waals surface area contributed by atoms with Crippen molar-refractivity contribution in [2.75, 3.05) is 0 Å². The van der Waals surface area contributed by atoms with Crippen molar-refractivity contribution in [3.8, 4) is 0 Å². The van der Waals surface area contributed by atoms with E-state index in [0.29, 0.717) is 0 Å². The standard InChI is InChI=1S/C15H18N2S/c1-10-6-2-3-7-11(10)14(16)15-17-12-8-4-5-9-13(12)18-15/h2-3,6-7,14H,4-5,8-9,16H2,1H3. The molecule has 1 unspecified atom stereocenters. The lowest BCUT2D eigenvalue weighted by molar-refractivity contribution is 0.678. The third-order valence-electron chi connectivity index (χ3n) is 3.65. The molecule has 0 saturated carbocycles. The summed E-state index contributed by atoms with van der Waals surface area (Å²) in [7, 11) is 0. The van der Waals surface area contributed by atoms with Gasteiger partial charge in [-0.25, -0.2) is 4.98 Å². The third kappa shape index (κ3) is 2.08. The molecule has 1 aliphatic rings. The molecule has 3 heteroatoms. The van der Waals surface area contributed by atoms with Crippen molar-refractivity contribution < 1.29 is 0 Å². The van der Waals surface area contributed by atoms with Gasteiger partial charge in [-0.15, -0.1) is 11.3 Å². The molecule has 0 saturated heterocycles. The summed E-state index contributed by atoms with van der Waals surface area (Å²) in [6.07, 6.45) is 4.89. The normalized spacial score (nSPS) is 16.3. The molecule has 1 aromatic heterocycles. The minimum absolute atomic E-state index is 0.0678. The zero-order valence-corrected chi connectivity index (χ0v) is 11.5. The van der Waals surface area contributed by atoms with Gasteiger partial charge in [-0.05, 0) is 43.7 Å². The summed E-state index contributed by atoms with van der Waals surface area (Å²) < 4.78 is 0. The van der Waals surface area contributed by atoms with Gasteiger partial charge in [0.25, 0.3) is 0 Å². The molecule has 2 nitrogen and oxygen atoms in total. The van der Waals surface area contributed by atoms with Crippen LogP contribution in [0.2, 0.25) is 0 Å². The largest absolute Gasteiger partial charge is 0.318 e. The maximum atomic E-state index is 6.38. The van der Waals surface area contributed by atoms with E-state index in [2.05, 4.69) is 31.2 Å². The van der Waals surface area contributed by atoms with E-state index < -0.39 is 0 Å². The van der Waals surface area contributed by atoms with Gasteiger partial charge in [-0.3, -0.25) is 0 Å². The molecule has 0 radical (unpaired) electrons. The minimum Gasteiger partial charge on any atom is -0.318 e. The summed E-state index contributed by atoms with van der Waals surface area (Å²) >= 11 is 1.81. The number of thiazole rings is 1. The Labute approximate surface area is 112 Å². The summed E-state index contributed by atoms with van der Waals surface area (Å²) in [6.45, 7) is 2.11. The number of rotatable bonds is 2. The fourth-order valence-electron chi connectivity index (χ4n) is 2.57. The second kappa shape index (κ2) is 4.82. The zero-order chi connectivity index (χ0) is 12.5. The van der Waals surface area contributed by atoms with E-state index in [1.165, 1.54) is 41.0 Å². The summed E-state index contributed by atoms with van der Waals surface area (Å²) in [6, 6.07) is 8.26. The van der Waals surface area contributed by atoms with Gasteiger partial charge in [0, 0.05) is 4.88 Å². The van der Waals surface area contributed by atoms with Gasteiger partial charge < -0.3 is 5.73 Å². The second-order valence-corrected chi connectivity index (χ2v) is 6.08. The van der Waals surface area contributed by atoms with Gasteiger partial charge in [0.15, 0.2) is 0 Å². The lowest BCUT2D eigenvalue weighted by Gasteiger charge is -2.11. The van der Waals surface area contributed by atoms with Crippen LogP contribution >= 0.6 is 11.3 Å². The fourth-order valence-corrected chi connectivity index (χ4v) is 3.75. The molecule has 2 N–H and O–H groups in total. The Hall–Kier alpha value is -1.19. The van der Waals surface area contributed by atoms with Crippen LogP contribution in [-0.2, 0) is 12.8 Å². The molecule has 1 atom stereocenters. The number of aromatic nitrogens is 1. The number of hydrogen-bond donors (Lipinski definition) is 1. The zero-order valence-electron chi connectivity index (χ0n) is 10.6. The molecule has 1 aromatic carbocycles. The molecule has 0 aliphatic heterocycles. The lowest BCUT2D eigenvalue weighted by Crippen LogP contribution is -2.13. The number of benzene rings is 1. The minimum atomic E-state index is -0.0678. The SMILES string of the molecule is Cc1ccccc1C(N)c1nc2c(s1)CCCC2. The van der Waals surface area contributed by atoms with E-state index in [1.54, 1.807) is 0 Å². The van der Waals surface area contributed by atoms with Gasteiger partial charge in [0.1, 0.15) is 5.01 Å². The highest BCUT2D eigenvalue weighted by Crippen LogP contribution is 2.32. The van der Waals surface area contributed by atoms with Crippen LogP contribution < -0.4 is 5.73 Å².